The Morgan fingerprint density at radius 1 is 1.14 bits per heavy atom. The van der Waals surface area contributed by atoms with Gasteiger partial charge in [-0.05, 0) is 50.5 Å². The van der Waals surface area contributed by atoms with Gasteiger partial charge in [-0.25, -0.2) is 8.42 Å². The number of anilines is 1. The fourth-order valence-electron chi connectivity index (χ4n) is 4.58. The molecule has 1 aliphatic rings. The van der Waals surface area contributed by atoms with Gasteiger partial charge in [0.15, 0.2) is 0 Å². The van der Waals surface area contributed by atoms with Crippen molar-refractivity contribution < 1.29 is 22.7 Å². The Kier molecular flexibility index (Phi) is 9.84. The van der Waals surface area contributed by atoms with Crippen molar-refractivity contribution >= 4 is 39.1 Å². The number of carbonyl (C=O) groups excluding carboxylic acids is 2. The number of hydrogen-bond donors (Lipinski definition) is 1. The lowest BCUT2D eigenvalue weighted by molar-refractivity contribution is -0.139. The summed E-state index contributed by atoms with van der Waals surface area (Å²) >= 11 is 6.23. The number of halogens is 1. The summed E-state index contributed by atoms with van der Waals surface area (Å²) in [5, 5.41) is 3.31. The highest BCUT2D eigenvalue weighted by atomic mass is 35.5. The number of methoxy groups -OCH3 is 1. The van der Waals surface area contributed by atoms with Crippen molar-refractivity contribution in [3.8, 4) is 5.75 Å². The minimum atomic E-state index is -3.85. The zero-order valence-electron chi connectivity index (χ0n) is 21.9. The van der Waals surface area contributed by atoms with Gasteiger partial charge in [0.2, 0.25) is 21.8 Å². The van der Waals surface area contributed by atoms with E-state index in [0.29, 0.717) is 5.75 Å². The predicted octanol–water partition coefficient (Wildman–Crippen LogP) is 4.29. The molecule has 37 heavy (non-hydrogen) atoms. The van der Waals surface area contributed by atoms with Gasteiger partial charge >= 0.3 is 0 Å². The van der Waals surface area contributed by atoms with Crippen molar-refractivity contribution in [3.63, 3.8) is 0 Å². The summed E-state index contributed by atoms with van der Waals surface area (Å²) in [6.45, 7) is 3.32. The Hall–Kier alpha value is -2.78. The van der Waals surface area contributed by atoms with E-state index < -0.39 is 28.5 Å². The molecule has 3 rings (SSSR count). The normalized spacial score (nSPS) is 15.1. The first-order chi connectivity index (χ1) is 17.5. The number of hydrogen-bond acceptors (Lipinski definition) is 5. The predicted molar refractivity (Wildman–Crippen MR) is 146 cm³/mol. The smallest absolute Gasteiger partial charge is 0.244 e. The molecule has 2 aromatic rings. The first kappa shape index (κ1) is 28.8. The van der Waals surface area contributed by atoms with E-state index in [1.165, 1.54) is 24.1 Å². The number of sulfonamides is 1. The maximum absolute atomic E-state index is 13.7. The maximum atomic E-state index is 13.7. The zero-order chi connectivity index (χ0) is 27.2. The Morgan fingerprint density at radius 2 is 1.84 bits per heavy atom. The topological polar surface area (TPSA) is 96.0 Å². The van der Waals surface area contributed by atoms with E-state index in [1.807, 2.05) is 31.2 Å². The van der Waals surface area contributed by atoms with Gasteiger partial charge in [-0.1, -0.05) is 60.7 Å². The highest BCUT2D eigenvalue weighted by molar-refractivity contribution is 7.92. The maximum Gasteiger partial charge on any atom is 0.244 e. The molecule has 1 saturated carbocycles. The van der Waals surface area contributed by atoms with Gasteiger partial charge in [0.25, 0.3) is 0 Å². The van der Waals surface area contributed by atoms with Gasteiger partial charge in [-0.15, -0.1) is 0 Å². The molecule has 2 aromatic carbocycles. The van der Waals surface area contributed by atoms with E-state index in [0.717, 1.165) is 53.8 Å². The third-order valence-corrected chi connectivity index (χ3v) is 8.09. The second-order valence-electron chi connectivity index (χ2n) is 9.62. The number of carbonyl (C=O) groups is 2. The summed E-state index contributed by atoms with van der Waals surface area (Å²) in [7, 11) is -2.39. The molecular formula is C27H36ClN3O5S. The molecule has 2 amide bonds. The van der Waals surface area contributed by atoms with E-state index in [-0.39, 0.29) is 29.2 Å². The van der Waals surface area contributed by atoms with Crippen molar-refractivity contribution in [2.75, 3.05) is 24.2 Å². The van der Waals surface area contributed by atoms with Crippen LogP contribution in [0.2, 0.25) is 5.02 Å². The highest BCUT2D eigenvalue weighted by Crippen LogP contribution is 2.30. The quantitative estimate of drug-likeness (QED) is 0.477. The minimum absolute atomic E-state index is 0.0913. The van der Waals surface area contributed by atoms with Crippen LogP contribution in [0.15, 0.2) is 42.5 Å². The van der Waals surface area contributed by atoms with Crippen LogP contribution in [0, 0.1) is 6.92 Å². The molecule has 0 heterocycles. The van der Waals surface area contributed by atoms with Gasteiger partial charge in [0, 0.05) is 12.6 Å². The number of nitrogens with zero attached hydrogens (tertiary/aromatic N) is 2. The minimum Gasteiger partial charge on any atom is -0.495 e. The van der Waals surface area contributed by atoms with Crippen LogP contribution >= 0.6 is 11.6 Å². The molecule has 0 unspecified atom stereocenters. The van der Waals surface area contributed by atoms with Crippen molar-refractivity contribution in [2.24, 2.45) is 0 Å². The summed E-state index contributed by atoms with van der Waals surface area (Å²) in [6, 6.07) is 11.5. The first-order valence-electron chi connectivity index (χ1n) is 12.5. The SMILES string of the molecule is COc1ccc(N(CC(=O)N(Cc2cccc(C)c2)[C@H](C)C(=O)NC2CCCCC2)S(C)(=O)=O)cc1Cl. The van der Waals surface area contributed by atoms with Crippen LogP contribution in [0.4, 0.5) is 5.69 Å². The molecular weight excluding hydrogens is 514 g/mol. The number of ether oxygens (including phenoxy) is 1. The molecule has 1 N–H and O–H groups in total. The Labute approximate surface area is 225 Å². The van der Waals surface area contributed by atoms with E-state index in [9.17, 15) is 18.0 Å². The Balaban J connectivity index is 1.89. The van der Waals surface area contributed by atoms with Crippen LogP contribution in [0.25, 0.3) is 0 Å². The van der Waals surface area contributed by atoms with Crippen LogP contribution < -0.4 is 14.4 Å². The van der Waals surface area contributed by atoms with E-state index in [1.54, 1.807) is 13.0 Å². The third kappa shape index (κ3) is 7.85. The van der Waals surface area contributed by atoms with Gasteiger partial charge in [0.1, 0.15) is 18.3 Å². The van der Waals surface area contributed by atoms with E-state index >= 15 is 0 Å². The molecule has 10 heteroatoms. The largest absolute Gasteiger partial charge is 0.495 e. The monoisotopic (exact) mass is 549 g/mol. The number of rotatable bonds is 10. The van der Waals surface area contributed by atoms with Crippen molar-refractivity contribution in [1.29, 1.82) is 0 Å². The second-order valence-corrected chi connectivity index (χ2v) is 11.9. The number of aryl methyl sites for hydroxylation is 1. The third-order valence-electron chi connectivity index (χ3n) is 6.66. The van der Waals surface area contributed by atoms with Crippen LogP contribution in [0.1, 0.15) is 50.2 Å². The molecule has 1 aliphatic carbocycles. The number of nitrogens with one attached hydrogen (secondary N) is 1. The Morgan fingerprint density at radius 3 is 2.43 bits per heavy atom. The average molecular weight is 550 g/mol. The van der Waals surface area contributed by atoms with E-state index in [2.05, 4.69) is 5.32 Å². The lowest BCUT2D eigenvalue weighted by atomic mass is 9.95. The number of amides is 2. The molecule has 0 aromatic heterocycles. The molecule has 8 nitrogen and oxygen atoms in total. The summed E-state index contributed by atoms with van der Waals surface area (Å²) < 4.78 is 31.6. The summed E-state index contributed by atoms with van der Waals surface area (Å²) in [6.07, 6.45) is 6.17. The lowest BCUT2D eigenvalue weighted by Crippen LogP contribution is -2.53. The molecule has 1 atom stereocenters. The summed E-state index contributed by atoms with van der Waals surface area (Å²) in [5.41, 5.74) is 2.11. The van der Waals surface area contributed by atoms with Gasteiger partial charge in [0.05, 0.1) is 24.1 Å². The van der Waals surface area contributed by atoms with Crippen LogP contribution in [0.5, 0.6) is 5.75 Å². The molecule has 202 valence electrons. The van der Waals surface area contributed by atoms with Crippen LogP contribution in [-0.4, -0.2) is 57.1 Å². The van der Waals surface area contributed by atoms with Crippen molar-refractivity contribution in [2.45, 2.75) is 64.6 Å². The molecule has 0 radical (unpaired) electrons. The fraction of sp³-hybridized carbons (Fsp3) is 0.481. The van der Waals surface area contributed by atoms with Crippen molar-refractivity contribution in [3.05, 3.63) is 58.6 Å². The van der Waals surface area contributed by atoms with Gasteiger partial charge in [-0.2, -0.15) is 0 Å². The second kappa shape index (κ2) is 12.6. The molecule has 1 fully saturated rings. The molecule has 0 aliphatic heterocycles. The fourth-order valence-corrected chi connectivity index (χ4v) is 5.68. The standard InChI is InChI=1S/C27H36ClN3O5S/c1-19-9-8-10-21(15-19)17-30(20(2)27(33)29-22-11-6-5-7-12-22)26(32)18-31(37(4,34)35)23-13-14-25(36-3)24(28)16-23/h8-10,13-16,20,22H,5-7,11-12,17-18H2,1-4H3,(H,29,33)/t20-/m1/s1. The molecule has 0 saturated heterocycles. The highest BCUT2D eigenvalue weighted by Gasteiger charge is 2.31. The van der Waals surface area contributed by atoms with Gasteiger partial charge in [-0.3, -0.25) is 13.9 Å². The summed E-state index contributed by atoms with van der Waals surface area (Å²) in [4.78, 5) is 28.3. The average Bonchev–Trinajstić information content (AvgIpc) is 2.85. The first-order valence-corrected chi connectivity index (χ1v) is 14.7. The van der Waals surface area contributed by atoms with Crippen molar-refractivity contribution in [1.82, 2.24) is 10.2 Å². The van der Waals surface area contributed by atoms with Crippen LogP contribution in [-0.2, 0) is 26.2 Å². The zero-order valence-corrected chi connectivity index (χ0v) is 23.4. The molecule has 0 spiro atoms. The van der Waals surface area contributed by atoms with Crippen LogP contribution in [0.3, 0.4) is 0 Å². The Bertz CT molecular complexity index is 1210. The lowest BCUT2D eigenvalue weighted by Gasteiger charge is -2.33. The van der Waals surface area contributed by atoms with Gasteiger partial charge < -0.3 is 15.0 Å². The molecule has 0 bridgehead atoms. The number of benzene rings is 2. The summed E-state index contributed by atoms with van der Waals surface area (Å²) in [5.74, 6) is -0.351. The van der Waals surface area contributed by atoms with E-state index in [4.69, 9.17) is 16.3 Å².